The van der Waals surface area contributed by atoms with Gasteiger partial charge in [0.2, 0.25) is 0 Å². The summed E-state index contributed by atoms with van der Waals surface area (Å²) in [5, 5.41) is 0. The van der Waals surface area contributed by atoms with E-state index in [2.05, 4.69) is 0 Å². The molecule has 0 saturated carbocycles. The standard InChI is InChI=1S/C24H54O11Si4/c1-15-19(4)29-38(13,31-22(7)21(6)25)34-36(9,10)33-37(11,12)35-39(14,30-20(5)18-27-16-2)32-23(8)24(26)28-17-3/h19-20,22-23H,15-18H2,1-14H3. The largest absolute Gasteiger partial charge is 0.489 e. The van der Waals surface area contributed by atoms with Gasteiger partial charge in [0.25, 0.3) is 0 Å². The van der Waals surface area contributed by atoms with Crippen LogP contribution in [-0.4, -0.2) is 90.7 Å². The minimum atomic E-state index is -3.46. The summed E-state index contributed by atoms with van der Waals surface area (Å²) in [6, 6.07) is 0. The van der Waals surface area contributed by atoms with Crippen molar-refractivity contribution in [3.63, 3.8) is 0 Å². The van der Waals surface area contributed by atoms with Crippen molar-refractivity contribution in [1.82, 2.24) is 0 Å². The lowest BCUT2D eigenvalue weighted by Gasteiger charge is -2.42. The third kappa shape index (κ3) is 16.0. The summed E-state index contributed by atoms with van der Waals surface area (Å²) < 4.78 is 54.9. The molecule has 0 aliphatic heterocycles. The fraction of sp³-hybridized carbons (Fsp3) is 0.917. The van der Waals surface area contributed by atoms with Gasteiger partial charge in [0.05, 0.1) is 19.3 Å². The first-order chi connectivity index (χ1) is 17.7. The summed E-state index contributed by atoms with van der Waals surface area (Å²) >= 11 is 0. The van der Waals surface area contributed by atoms with Crippen molar-refractivity contribution in [2.75, 3.05) is 19.8 Å². The quantitative estimate of drug-likeness (QED) is 0.129. The Morgan fingerprint density at radius 2 is 1.10 bits per heavy atom. The summed E-state index contributed by atoms with van der Waals surface area (Å²) in [7, 11) is -12.7. The molecule has 0 spiro atoms. The Morgan fingerprint density at radius 3 is 1.51 bits per heavy atom. The molecule has 0 aromatic heterocycles. The summed E-state index contributed by atoms with van der Waals surface area (Å²) in [5.74, 6) is -0.614. The van der Waals surface area contributed by atoms with Gasteiger partial charge < -0.3 is 39.5 Å². The molecule has 15 heteroatoms. The van der Waals surface area contributed by atoms with Crippen molar-refractivity contribution in [2.45, 2.75) is 126 Å². The van der Waals surface area contributed by atoms with E-state index < -0.39 is 52.9 Å². The van der Waals surface area contributed by atoms with Crippen molar-refractivity contribution in [1.29, 1.82) is 0 Å². The first-order valence-electron chi connectivity index (χ1n) is 13.8. The van der Waals surface area contributed by atoms with Gasteiger partial charge in [-0.15, -0.1) is 0 Å². The van der Waals surface area contributed by atoms with Crippen LogP contribution in [0.15, 0.2) is 0 Å². The van der Waals surface area contributed by atoms with Gasteiger partial charge in [-0.3, -0.25) is 4.79 Å². The van der Waals surface area contributed by atoms with E-state index in [1.807, 2.05) is 53.9 Å². The lowest BCUT2D eigenvalue weighted by atomic mass is 10.3. The van der Waals surface area contributed by atoms with Gasteiger partial charge in [0, 0.05) is 25.8 Å². The van der Waals surface area contributed by atoms with Crippen LogP contribution in [0, 0.1) is 0 Å². The van der Waals surface area contributed by atoms with Gasteiger partial charge in [-0.2, -0.15) is 0 Å². The van der Waals surface area contributed by atoms with Crippen molar-refractivity contribution >= 4 is 46.5 Å². The predicted molar refractivity (Wildman–Crippen MR) is 158 cm³/mol. The highest BCUT2D eigenvalue weighted by Gasteiger charge is 2.52. The molecule has 0 saturated heterocycles. The van der Waals surface area contributed by atoms with E-state index >= 15 is 0 Å². The first kappa shape index (κ1) is 38.7. The maximum atomic E-state index is 12.3. The SMILES string of the molecule is CCOCC(C)O[Si](C)(OC(C)C(=O)OCC)O[Si](C)(C)O[Si](C)(C)O[Si](C)(OC(C)CC)OC(C)C(C)=O. The van der Waals surface area contributed by atoms with Crippen LogP contribution in [0.3, 0.4) is 0 Å². The molecule has 0 N–H and O–H groups in total. The first-order valence-corrected chi connectivity index (χ1v) is 23.9. The zero-order valence-electron chi connectivity index (χ0n) is 26.6. The van der Waals surface area contributed by atoms with E-state index in [0.29, 0.717) is 13.2 Å². The lowest BCUT2D eigenvalue weighted by molar-refractivity contribution is -0.153. The molecule has 11 nitrogen and oxygen atoms in total. The van der Waals surface area contributed by atoms with Gasteiger partial charge >= 0.3 is 40.7 Å². The molecule has 0 rings (SSSR count). The van der Waals surface area contributed by atoms with E-state index in [-0.39, 0.29) is 24.6 Å². The average Bonchev–Trinajstić information content (AvgIpc) is 2.74. The Bertz CT molecular complexity index is 758. The summed E-state index contributed by atoms with van der Waals surface area (Å²) in [4.78, 5) is 24.3. The molecule has 0 fully saturated rings. The number of hydrogen-bond acceptors (Lipinski definition) is 11. The van der Waals surface area contributed by atoms with E-state index in [0.717, 1.165) is 6.42 Å². The maximum Gasteiger partial charge on any atom is 0.489 e. The lowest BCUT2D eigenvalue weighted by Crippen LogP contribution is -2.62. The van der Waals surface area contributed by atoms with E-state index in [9.17, 15) is 9.59 Å². The summed E-state index contributed by atoms with van der Waals surface area (Å²) in [6.45, 7) is 26.4. The molecule has 0 aliphatic rings. The third-order valence-electron chi connectivity index (χ3n) is 5.29. The van der Waals surface area contributed by atoms with Crippen LogP contribution in [0.25, 0.3) is 0 Å². The second-order valence-electron chi connectivity index (χ2n) is 10.6. The van der Waals surface area contributed by atoms with Crippen LogP contribution < -0.4 is 0 Å². The summed E-state index contributed by atoms with van der Waals surface area (Å²) in [6.07, 6.45) is -1.28. The molecule has 0 aliphatic carbocycles. The molecule has 0 aromatic carbocycles. The smallest absolute Gasteiger partial charge is 0.464 e. The van der Waals surface area contributed by atoms with Gasteiger partial charge in [-0.1, -0.05) is 6.92 Å². The van der Waals surface area contributed by atoms with Crippen LogP contribution in [0.1, 0.15) is 61.8 Å². The molecule has 0 aromatic rings. The second kappa shape index (κ2) is 17.0. The minimum absolute atomic E-state index is 0.114. The molecule has 6 unspecified atom stereocenters. The van der Waals surface area contributed by atoms with Crippen molar-refractivity contribution in [3.8, 4) is 0 Å². The molecule has 0 radical (unpaired) electrons. The highest BCUT2D eigenvalue weighted by molar-refractivity contribution is 6.86. The number of ketones is 1. The van der Waals surface area contributed by atoms with Gasteiger partial charge in [0.15, 0.2) is 5.78 Å². The number of hydrogen-bond donors (Lipinski definition) is 0. The molecular formula is C24H54O11Si4. The van der Waals surface area contributed by atoms with Crippen LogP contribution in [0.4, 0.5) is 0 Å². The van der Waals surface area contributed by atoms with E-state index in [4.69, 9.17) is 39.5 Å². The van der Waals surface area contributed by atoms with Crippen LogP contribution in [0.2, 0.25) is 39.3 Å². The topological polar surface area (TPSA) is 117 Å². The van der Waals surface area contributed by atoms with E-state index in [1.54, 1.807) is 33.9 Å². The molecule has 39 heavy (non-hydrogen) atoms. The second-order valence-corrected chi connectivity index (χ2v) is 23.1. The molecule has 0 bridgehead atoms. The Morgan fingerprint density at radius 1 is 0.641 bits per heavy atom. The fourth-order valence-electron chi connectivity index (χ4n) is 3.84. The maximum absolute atomic E-state index is 12.3. The zero-order valence-corrected chi connectivity index (χ0v) is 30.6. The number of carbonyl (C=O) groups is 2. The Balaban J connectivity index is 5.91. The highest BCUT2D eigenvalue weighted by atomic mass is 28.5. The molecule has 6 atom stereocenters. The third-order valence-corrected chi connectivity index (χ3v) is 19.3. The number of esters is 1. The fourth-order valence-corrected chi connectivity index (χ4v) is 20.9. The number of Topliss-reactive ketones (excluding diaryl/α,β-unsaturated/α-hetero) is 1. The molecule has 0 heterocycles. The Hall–Kier alpha value is -0.312. The molecule has 232 valence electrons. The van der Waals surface area contributed by atoms with Crippen molar-refractivity contribution < 1.29 is 49.1 Å². The summed E-state index contributed by atoms with van der Waals surface area (Å²) in [5.41, 5.74) is 0. The molecule has 0 amide bonds. The number of carbonyl (C=O) groups excluding carboxylic acids is 2. The normalized spacial score (nSPS) is 18.9. The van der Waals surface area contributed by atoms with Gasteiger partial charge in [-0.25, -0.2) is 4.79 Å². The predicted octanol–water partition coefficient (Wildman–Crippen LogP) is 4.80. The highest BCUT2D eigenvalue weighted by Crippen LogP contribution is 2.28. The van der Waals surface area contributed by atoms with Gasteiger partial charge in [0.1, 0.15) is 12.2 Å². The van der Waals surface area contributed by atoms with Gasteiger partial charge in [-0.05, 0) is 81.1 Å². The zero-order chi connectivity index (χ0) is 30.7. The van der Waals surface area contributed by atoms with Crippen LogP contribution >= 0.6 is 0 Å². The monoisotopic (exact) mass is 630 g/mol. The van der Waals surface area contributed by atoms with Crippen molar-refractivity contribution in [2.24, 2.45) is 0 Å². The van der Waals surface area contributed by atoms with Crippen LogP contribution in [-0.2, 0) is 49.1 Å². The average molecular weight is 631 g/mol. The minimum Gasteiger partial charge on any atom is -0.464 e. The Kier molecular flexibility index (Phi) is 16.8. The van der Waals surface area contributed by atoms with Crippen molar-refractivity contribution in [3.05, 3.63) is 0 Å². The number of ether oxygens (including phenoxy) is 2. The number of rotatable bonds is 21. The van der Waals surface area contributed by atoms with E-state index in [1.165, 1.54) is 6.92 Å². The Labute approximate surface area is 240 Å². The van der Waals surface area contributed by atoms with Crippen LogP contribution in [0.5, 0.6) is 0 Å². The molecular weight excluding hydrogens is 577 g/mol.